The van der Waals surface area contributed by atoms with E-state index >= 15 is 0 Å². The fourth-order valence-electron chi connectivity index (χ4n) is 6.86. The first-order valence-corrected chi connectivity index (χ1v) is 17.0. The average molecular weight is 597 g/mol. The standard InChI is InChI=1S/C36H40N2O4S/c1-3-5-7-9-11-15-21-37-33(39)24-19-20-25-28-27(24)30(35(37)41)29-23-17-13-14-18-26(23)43-32(29)31(28)36(42)38(34(25)40)22-16-12-10-8-6-4-2/h13-14,17-20H,3-12,15-16,21-22H2,1-2H3. The van der Waals surface area contributed by atoms with E-state index in [-0.39, 0.29) is 23.6 Å². The number of carbonyl (C=O) groups is 4. The number of thiophene rings is 1. The summed E-state index contributed by atoms with van der Waals surface area (Å²) in [6.45, 7) is 5.09. The van der Waals surface area contributed by atoms with Gasteiger partial charge in [-0.1, -0.05) is 96.3 Å². The van der Waals surface area contributed by atoms with E-state index in [4.69, 9.17) is 0 Å². The lowest BCUT2D eigenvalue weighted by Gasteiger charge is -2.32. The molecule has 0 saturated heterocycles. The smallest absolute Gasteiger partial charge is 0.262 e. The lowest BCUT2D eigenvalue weighted by atomic mass is 9.83. The second-order valence-corrected chi connectivity index (χ2v) is 13.1. The predicted octanol–water partition coefficient (Wildman–Crippen LogP) is 9.12. The zero-order chi connectivity index (χ0) is 30.1. The Balaban J connectivity index is 1.45. The molecule has 0 unspecified atom stereocenters. The number of imide groups is 2. The molecule has 0 spiro atoms. The number of fused-ring (bicyclic) bond motifs is 5. The SMILES string of the molecule is CCCCCCCCN1C(=O)c2ccc3c4c(c5c(sc6ccccc65)c(c24)C1=O)C(=O)N(CCCCCCCC)C3=O. The Bertz CT molecular complexity index is 1750. The highest BCUT2D eigenvalue weighted by molar-refractivity contribution is 7.26. The molecule has 0 radical (unpaired) electrons. The Morgan fingerprint density at radius 2 is 1.02 bits per heavy atom. The maximum atomic E-state index is 14.3. The summed E-state index contributed by atoms with van der Waals surface area (Å²) in [7, 11) is 0. The quantitative estimate of drug-likeness (QED) is 0.107. The van der Waals surface area contributed by atoms with Crippen LogP contribution in [-0.2, 0) is 0 Å². The lowest BCUT2D eigenvalue weighted by molar-refractivity contribution is 0.0588. The van der Waals surface area contributed by atoms with Crippen molar-refractivity contribution >= 4 is 65.9 Å². The fourth-order valence-corrected chi connectivity index (χ4v) is 8.11. The Morgan fingerprint density at radius 3 is 1.60 bits per heavy atom. The van der Waals surface area contributed by atoms with Crippen molar-refractivity contribution in [3.63, 3.8) is 0 Å². The summed E-state index contributed by atoms with van der Waals surface area (Å²) in [4.78, 5) is 58.9. The number of hydrogen-bond acceptors (Lipinski definition) is 5. The number of unbranched alkanes of at least 4 members (excludes halogenated alkanes) is 10. The van der Waals surface area contributed by atoms with E-state index in [1.165, 1.54) is 46.8 Å². The van der Waals surface area contributed by atoms with Crippen molar-refractivity contribution in [1.29, 1.82) is 0 Å². The predicted molar refractivity (Wildman–Crippen MR) is 174 cm³/mol. The normalized spacial score (nSPS) is 14.7. The maximum absolute atomic E-state index is 14.3. The van der Waals surface area contributed by atoms with Crippen molar-refractivity contribution in [3.8, 4) is 0 Å². The van der Waals surface area contributed by atoms with Gasteiger partial charge < -0.3 is 0 Å². The van der Waals surface area contributed by atoms with E-state index in [0.29, 0.717) is 46.1 Å². The van der Waals surface area contributed by atoms with E-state index < -0.39 is 0 Å². The van der Waals surface area contributed by atoms with Gasteiger partial charge in [-0.3, -0.25) is 29.0 Å². The molecule has 2 aliphatic heterocycles. The number of carbonyl (C=O) groups excluding carboxylic acids is 4. The second-order valence-electron chi connectivity index (χ2n) is 12.0. The van der Waals surface area contributed by atoms with Crippen LogP contribution in [0.5, 0.6) is 0 Å². The van der Waals surface area contributed by atoms with Gasteiger partial charge in [0.15, 0.2) is 0 Å². The zero-order valence-corrected chi connectivity index (χ0v) is 26.1. The van der Waals surface area contributed by atoms with Crippen LogP contribution in [0, 0.1) is 0 Å². The van der Waals surface area contributed by atoms with Crippen LogP contribution in [0.2, 0.25) is 0 Å². The summed E-state index contributed by atoms with van der Waals surface area (Å²) in [5.74, 6) is -1.31. The van der Waals surface area contributed by atoms with Gasteiger partial charge in [0.1, 0.15) is 0 Å². The summed E-state index contributed by atoms with van der Waals surface area (Å²) >= 11 is 1.49. The third-order valence-corrected chi connectivity index (χ3v) is 10.3. The van der Waals surface area contributed by atoms with Crippen LogP contribution in [0.4, 0.5) is 0 Å². The van der Waals surface area contributed by atoms with Crippen molar-refractivity contribution in [3.05, 3.63) is 58.7 Å². The van der Waals surface area contributed by atoms with Crippen LogP contribution in [0.3, 0.4) is 0 Å². The lowest BCUT2D eigenvalue weighted by Crippen LogP contribution is -2.44. The minimum absolute atomic E-state index is 0.319. The van der Waals surface area contributed by atoms with Crippen LogP contribution in [0.1, 0.15) is 132 Å². The van der Waals surface area contributed by atoms with Crippen LogP contribution >= 0.6 is 11.3 Å². The van der Waals surface area contributed by atoms with Crippen molar-refractivity contribution in [2.45, 2.75) is 90.9 Å². The highest BCUT2D eigenvalue weighted by Gasteiger charge is 2.42. The molecule has 224 valence electrons. The number of rotatable bonds is 14. The van der Waals surface area contributed by atoms with Crippen molar-refractivity contribution < 1.29 is 19.2 Å². The van der Waals surface area contributed by atoms with Crippen LogP contribution in [-0.4, -0.2) is 46.5 Å². The fraction of sp³-hybridized carbons (Fsp3) is 0.444. The van der Waals surface area contributed by atoms with E-state index in [9.17, 15) is 19.2 Å². The Labute approximate surface area is 257 Å². The number of nitrogens with zero attached hydrogens (tertiary/aromatic N) is 2. The van der Waals surface area contributed by atoms with E-state index in [1.807, 2.05) is 24.3 Å². The van der Waals surface area contributed by atoms with Gasteiger partial charge in [-0.25, -0.2) is 0 Å². The Morgan fingerprint density at radius 1 is 0.535 bits per heavy atom. The van der Waals surface area contributed by atoms with Crippen LogP contribution in [0.25, 0.3) is 30.9 Å². The molecule has 4 amide bonds. The number of amides is 4. The second kappa shape index (κ2) is 12.6. The van der Waals surface area contributed by atoms with E-state index in [2.05, 4.69) is 13.8 Å². The molecular formula is C36H40N2O4S. The molecule has 0 saturated carbocycles. The highest BCUT2D eigenvalue weighted by atomic mass is 32.1. The summed E-state index contributed by atoms with van der Waals surface area (Å²) < 4.78 is 1.71. The molecule has 2 aliphatic rings. The molecule has 0 fully saturated rings. The zero-order valence-electron chi connectivity index (χ0n) is 25.3. The first-order chi connectivity index (χ1) is 21.0. The van der Waals surface area contributed by atoms with Crippen LogP contribution < -0.4 is 0 Å². The van der Waals surface area contributed by atoms with Crippen molar-refractivity contribution in [2.24, 2.45) is 0 Å². The van der Waals surface area contributed by atoms with E-state index in [0.717, 1.165) is 71.5 Å². The molecule has 0 atom stereocenters. The largest absolute Gasteiger partial charge is 0.274 e. The van der Waals surface area contributed by atoms with Gasteiger partial charge in [0, 0.05) is 55.2 Å². The molecule has 7 heteroatoms. The van der Waals surface area contributed by atoms with Gasteiger partial charge in [0.25, 0.3) is 23.6 Å². The van der Waals surface area contributed by atoms with Crippen LogP contribution in [0.15, 0.2) is 36.4 Å². The number of hydrogen-bond donors (Lipinski definition) is 0. The Kier molecular flexibility index (Phi) is 8.62. The van der Waals surface area contributed by atoms with Gasteiger partial charge in [0.2, 0.25) is 0 Å². The van der Waals surface area contributed by atoms with Gasteiger partial charge in [-0.2, -0.15) is 0 Å². The molecule has 0 N–H and O–H groups in total. The summed E-state index contributed by atoms with van der Waals surface area (Å²) in [6, 6.07) is 11.3. The van der Waals surface area contributed by atoms with E-state index in [1.54, 1.807) is 12.1 Å². The van der Waals surface area contributed by atoms with Gasteiger partial charge in [-0.15, -0.1) is 11.3 Å². The molecule has 6 nitrogen and oxygen atoms in total. The first-order valence-electron chi connectivity index (χ1n) is 16.2. The molecule has 3 aromatic carbocycles. The topological polar surface area (TPSA) is 74.8 Å². The minimum Gasteiger partial charge on any atom is -0.274 e. The Hall–Kier alpha value is -3.58. The number of benzene rings is 3. The summed E-state index contributed by atoms with van der Waals surface area (Å²) in [5.41, 5.74) is 1.73. The third kappa shape index (κ3) is 5.05. The summed E-state index contributed by atoms with van der Waals surface area (Å²) in [5, 5.41) is 2.58. The minimum atomic E-state index is -0.336. The molecular weight excluding hydrogens is 556 g/mol. The van der Waals surface area contributed by atoms with Crippen molar-refractivity contribution in [1.82, 2.24) is 9.80 Å². The molecule has 1 aromatic heterocycles. The third-order valence-electron chi connectivity index (χ3n) is 9.12. The average Bonchev–Trinajstić information content (AvgIpc) is 3.39. The van der Waals surface area contributed by atoms with Gasteiger partial charge in [-0.05, 0) is 31.0 Å². The molecule has 3 heterocycles. The van der Waals surface area contributed by atoms with Crippen molar-refractivity contribution in [2.75, 3.05) is 13.1 Å². The molecule has 4 aromatic rings. The first kappa shape index (κ1) is 29.5. The highest BCUT2D eigenvalue weighted by Crippen LogP contribution is 2.48. The summed E-state index contributed by atoms with van der Waals surface area (Å²) in [6.07, 6.45) is 12.7. The molecule has 0 aliphatic carbocycles. The maximum Gasteiger partial charge on any atom is 0.262 e. The molecule has 43 heavy (non-hydrogen) atoms. The van der Waals surface area contributed by atoms with Gasteiger partial charge in [0.05, 0.1) is 11.1 Å². The monoisotopic (exact) mass is 596 g/mol. The van der Waals surface area contributed by atoms with Gasteiger partial charge >= 0.3 is 0 Å². The molecule has 0 bridgehead atoms. The molecule has 6 rings (SSSR count).